The highest BCUT2D eigenvalue weighted by Crippen LogP contribution is 2.35. The maximum Gasteiger partial charge on any atom is 0.137 e. The molecule has 0 saturated carbocycles. The van der Waals surface area contributed by atoms with Crippen LogP contribution in [0.4, 0.5) is 8.78 Å². The molecule has 0 aromatic heterocycles. The molecule has 0 fully saturated rings. The maximum atomic E-state index is 13.6. The van der Waals surface area contributed by atoms with Crippen molar-refractivity contribution in [3.05, 3.63) is 58.1 Å². The highest BCUT2D eigenvalue weighted by Gasteiger charge is 2.12. The Kier molecular flexibility index (Phi) is 4.60. The minimum absolute atomic E-state index is 0.184. The zero-order chi connectivity index (χ0) is 14.0. The molecule has 0 bridgehead atoms. The number of hydrogen-bond acceptors (Lipinski definition) is 2. The Morgan fingerprint density at radius 1 is 1.11 bits per heavy atom. The topological polar surface area (TPSA) is 26.0 Å². The highest BCUT2D eigenvalue weighted by atomic mass is 79.9. The van der Waals surface area contributed by atoms with Gasteiger partial charge < -0.3 is 5.73 Å². The molecule has 0 heterocycles. The molecule has 0 aliphatic rings. The molecule has 0 saturated heterocycles. The van der Waals surface area contributed by atoms with Crippen molar-refractivity contribution in [2.45, 2.75) is 22.8 Å². The fourth-order valence-electron chi connectivity index (χ4n) is 1.64. The summed E-state index contributed by atoms with van der Waals surface area (Å²) in [5.74, 6) is -0.895. The summed E-state index contributed by atoms with van der Waals surface area (Å²) in [4.78, 5) is 1.08. The smallest absolute Gasteiger partial charge is 0.137 e. The van der Waals surface area contributed by atoms with Crippen LogP contribution in [0.25, 0.3) is 0 Å². The molecule has 1 nitrogen and oxygen atoms in total. The Morgan fingerprint density at radius 3 is 2.53 bits per heavy atom. The van der Waals surface area contributed by atoms with Gasteiger partial charge in [-0.2, -0.15) is 0 Å². The lowest BCUT2D eigenvalue weighted by molar-refractivity contribution is 0.577. The molecule has 1 unspecified atom stereocenters. The zero-order valence-electron chi connectivity index (χ0n) is 10.2. The Balaban J connectivity index is 2.40. The molecule has 0 radical (unpaired) electrons. The number of benzene rings is 2. The largest absolute Gasteiger partial charge is 0.324 e. The normalized spacial score (nSPS) is 12.5. The van der Waals surface area contributed by atoms with E-state index in [9.17, 15) is 8.78 Å². The molecule has 0 amide bonds. The van der Waals surface area contributed by atoms with Gasteiger partial charge in [0.1, 0.15) is 11.6 Å². The summed E-state index contributed by atoms with van der Waals surface area (Å²) in [5.41, 5.74) is 6.79. The summed E-state index contributed by atoms with van der Waals surface area (Å²) >= 11 is 4.55. The van der Waals surface area contributed by atoms with E-state index < -0.39 is 11.6 Å². The molecule has 19 heavy (non-hydrogen) atoms. The van der Waals surface area contributed by atoms with Gasteiger partial charge in [-0.15, -0.1) is 0 Å². The van der Waals surface area contributed by atoms with Crippen LogP contribution in [-0.4, -0.2) is 0 Å². The summed E-state index contributed by atoms with van der Waals surface area (Å²) < 4.78 is 27.7. The average Bonchev–Trinajstić information content (AvgIpc) is 2.35. The molecular formula is C14H12BrF2NS. The van der Waals surface area contributed by atoms with E-state index in [4.69, 9.17) is 5.73 Å². The van der Waals surface area contributed by atoms with Gasteiger partial charge in [0.05, 0.1) is 4.90 Å². The number of rotatable bonds is 3. The second-order valence-corrected chi connectivity index (χ2v) is 6.15. The first-order valence-corrected chi connectivity index (χ1v) is 7.26. The molecule has 0 aliphatic heterocycles. The van der Waals surface area contributed by atoms with Crippen LogP contribution in [0.3, 0.4) is 0 Å². The van der Waals surface area contributed by atoms with Crippen molar-refractivity contribution in [3.63, 3.8) is 0 Å². The number of halogens is 3. The van der Waals surface area contributed by atoms with E-state index in [1.807, 2.05) is 25.1 Å². The molecular weight excluding hydrogens is 332 g/mol. The van der Waals surface area contributed by atoms with Crippen molar-refractivity contribution in [1.29, 1.82) is 0 Å². The summed E-state index contributed by atoms with van der Waals surface area (Å²) in [7, 11) is 0. The number of nitrogens with two attached hydrogens (primary N) is 1. The van der Waals surface area contributed by atoms with Gasteiger partial charge in [-0.1, -0.05) is 27.7 Å². The summed E-state index contributed by atoms with van der Waals surface area (Å²) in [6.45, 7) is 1.85. The third-order valence-corrected chi connectivity index (χ3v) is 4.19. The van der Waals surface area contributed by atoms with Crippen LogP contribution in [0.5, 0.6) is 0 Å². The van der Waals surface area contributed by atoms with Crippen LogP contribution in [0.15, 0.2) is 50.7 Å². The summed E-state index contributed by atoms with van der Waals surface area (Å²) in [6.07, 6.45) is 0. The van der Waals surface area contributed by atoms with Crippen molar-refractivity contribution in [3.8, 4) is 0 Å². The quantitative estimate of drug-likeness (QED) is 0.857. The molecule has 2 aromatic rings. The van der Waals surface area contributed by atoms with Gasteiger partial charge in [-0.3, -0.25) is 0 Å². The van der Waals surface area contributed by atoms with E-state index in [-0.39, 0.29) is 10.9 Å². The second-order valence-electron chi connectivity index (χ2n) is 4.15. The van der Waals surface area contributed by atoms with Gasteiger partial charge >= 0.3 is 0 Å². The van der Waals surface area contributed by atoms with Gasteiger partial charge in [0.25, 0.3) is 0 Å². The minimum Gasteiger partial charge on any atom is -0.324 e. The monoisotopic (exact) mass is 343 g/mol. The lowest BCUT2D eigenvalue weighted by Crippen LogP contribution is -2.06. The van der Waals surface area contributed by atoms with Gasteiger partial charge in [0, 0.05) is 15.4 Å². The molecule has 1 atom stereocenters. The van der Waals surface area contributed by atoms with Crippen LogP contribution in [0.2, 0.25) is 0 Å². The van der Waals surface area contributed by atoms with E-state index in [0.29, 0.717) is 0 Å². The van der Waals surface area contributed by atoms with Gasteiger partial charge in [0.15, 0.2) is 0 Å². The third kappa shape index (κ3) is 3.55. The maximum absolute atomic E-state index is 13.6. The third-order valence-electron chi connectivity index (χ3n) is 2.58. The minimum atomic E-state index is -0.455. The van der Waals surface area contributed by atoms with Gasteiger partial charge in [0.2, 0.25) is 0 Å². The lowest BCUT2D eigenvalue weighted by atomic mass is 10.1. The fraction of sp³-hybridized carbons (Fsp3) is 0.143. The van der Waals surface area contributed by atoms with Crippen molar-refractivity contribution >= 4 is 27.7 Å². The lowest BCUT2D eigenvalue weighted by Gasteiger charge is -2.13. The molecule has 2 rings (SSSR count). The highest BCUT2D eigenvalue weighted by molar-refractivity contribution is 9.10. The first kappa shape index (κ1) is 14.5. The number of hydrogen-bond donors (Lipinski definition) is 1. The molecule has 2 aromatic carbocycles. The predicted octanol–water partition coefficient (Wildman–Crippen LogP) is 4.90. The van der Waals surface area contributed by atoms with E-state index in [0.717, 1.165) is 27.1 Å². The molecule has 100 valence electrons. The van der Waals surface area contributed by atoms with Crippen LogP contribution in [0.1, 0.15) is 18.5 Å². The van der Waals surface area contributed by atoms with Crippen molar-refractivity contribution in [2.75, 3.05) is 0 Å². The van der Waals surface area contributed by atoms with Crippen LogP contribution < -0.4 is 5.73 Å². The summed E-state index contributed by atoms with van der Waals surface area (Å²) in [5, 5.41) is 0. The average molecular weight is 344 g/mol. The summed E-state index contributed by atoms with van der Waals surface area (Å²) in [6, 6.07) is 8.83. The van der Waals surface area contributed by atoms with Gasteiger partial charge in [-0.25, -0.2) is 8.78 Å². The Labute approximate surface area is 123 Å². The van der Waals surface area contributed by atoms with E-state index in [1.54, 1.807) is 0 Å². The standard InChI is InChI=1S/C14H12BrF2NS/c1-8(18)11-6-9(15)2-5-13(11)19-14-7-10(16)3-4-12(14)17/h2-8H,18H2,1H3. The first-order valence-electron chi connectivity index (χ1n) is 5.65. The Morgan fingerprint density at radius 2 is 1.84 bits per heavy atom. The first-order chi connectivity index (χ1) is 8.97. The Hall–Kier alpha value is -0.910. The van der Waals surface area contributed by atoms with E-state index >= 15 is 0 Å². The molecule has 0 aliphatic carbocycles. The zero-order valence-corrected chi connectivity index (χ0v) is 12.6. The molecule has 5 heteroatoms. The van der Waals surface area contributed by atoms with Crippen LogP contribution in [0, 0.1) is 11.6 Å². The van der Waals surface area contributed by atoms with E-state index in [2.05, 4.69) is 15.9 Å². The van der Waals surface area contributed by atoms with Crippen LogP contribution >= 0.6 is 27.7 Å². The Bertz CT molecular complexity index is 602. The van der Waals surface area contributed by atoms with Crippen molar-refractivity contribution in [1.82, 2.24) is 0 Å². The SMILES string of the molecule is CC(N)c1cc(Br)ccc1Sc1cc(F)ccc1F. The van der Waals surface area contributed by atoms with Gasteiger partial charge in [-0.05, 0) is 48.9 Å². The van der Waals surface area contributed by atoms with E-state index in [1.165, 1.54) is 17.8 Å². The molecule has 2 N–H and O–H groups in total. The second kappa shape index (κ2) is 6.03. The molecule has 0 spiro atoms. The van der Waals surface area contributed by atoms with Crippen molar-refractivity contribution in [2.24, 2.45) is 5.73 Å². The predicted molar refractivity (Wildman–Crippen MR) is 77.2 cm³/mol. The van der Waals surface area contributed by atoms with Crippen LogP contribution in [-0.2, 0) is 0 Å². The van der Waals surface area contributed by atoms with Crippen molar-refractivity contribution < 1.29 is 8.78 Å². The fourth-order valence-corrected chi connectivity index (χ4v) is 3.09.